The summed E-state index contributed by atoms with van der Waals surface area (Å²) in [4.78, 5) is 6.71. The molecule has 9 nitrogen and oxygen atoms in total. The monoisotopic (exact) mass is 549 g/mol. The van der Waals surface area contributed by atoms with Crippen LogP contribution in [0.25, 0.3) is 28.5 Å². The van der Waals surface area contributed by atoms with Gasteiger partial charge in [0.25, 0.3) is 0 Å². The molecule has 0 saturated carbocycles. The van der Waals surface area contributed by atoms with Gasteiger partial charge in [-0.05, 0) is 30.7 Å². The largest absolute Gasteiger partial charge is 0.379 e. The van der Waals surface area contributed by atoms with Crippen molar-refractivity contribution >= 4 is 9.84 Å². The van der Waals surface area contributed by atoms with Gasteiger partial charge in [-0.1, -0.05) is 24.3 Å². The van der Waals surface area contributed by atoms with Gasteiger partial charge in [0.2, 0.25) is 0 Å². The molecule has 0 radical (unpaired) electrons. The van der Waals surface area contributed by atoms with Crippen molar-refractivity contribution < 1.29 is 22.3 Å². The fourth-order valence-corrected chi connectivity index (χ4v) is 7.38. The second kappa shape index (κ2) is 9.37. The van der Waals surface area contributed by atoms with Crippen molar-refractivity contribution in [3.63, 3.8) is 0 Å². The minimum atomic E-state index is -3.93. The molecule has 0 amide bonds. The van der Waals surface area contributed by atoms with Gasteiger partial charge in [-0.15, -0.1) is 0 Å². The van der Waals surface area contributed by atoms with Crippen molar-refractivity contribution in [3.05, 3.63) is 71.3 Å². The third-order valence-corrected chi connectivity index (χ3v) is 9.35. The van der Waals surface area contributed by atoms with E-state index in [1.54, 1.807) is 16.9 Å². The predicted octanol–water partition coefficient (Wildman–Crippen LogP) is 3.58. The first-order chi connectivity index (χ1) is 18.9. The van der Waals surface area contributed by atoms with E-state index in [1.165, 1.54) is 12.1 Å². The summed E-state index contributed by atoms with van der Waals surface area (Å²) in [5, 5.41) is 4.96. The summed E-state index contributed by atoms with van der Waals surface area (Å²) >= 11 is 0. The molecular weight excluding hydrogens is 521 g/mol. The van der Waals surface area contributed by atoms with Gasteiger partial charge in [-0.2, -0.15) is 5.10 Å². The Bertz CT molecular complexity index is 1670. The van der Waals surface area contributed by atoms with E-state index < -0.39 is 15.7 Å². The Morgan fingerprint density at radius 3 is 2.69 bits per heavy atom. The Labute approximate surface area is 225 Å². The van der Waals surface area contributed by atoms with E-state index in [4.69, 9.17) is 14.6 Å². The van der Waals surface area contributed by atoms with Crippen molar-refractivity contribution in [1.29, 1.82) is 0 Å². The molecule has 0 unspecified atom stereocenters. The fraction of sp³-hybridized carbons (Fsp3) is 0.357. The zero-order chi connectivity index (χ0) is 26.7. The van der Waals surface area contributed by atoms with Gasteiger partial charge in [0, 0.05) is 30.8 Å². The molecule has 7 rings (SSSR count). The zero-order valence-electron chi connectivity index (χ0n) is 21.5. The number of hydrogen-bond acceptors (Lipinski definition) is 7. The Morgan fingerprint density at radius 2 is 1.90 bits per heavy atom. The van der Waals surface area contributed by atoms with E-state index in [1.807, 2.05) is 23.6 Å². The summed E-state index contributed by atoms with van der Waals surface area (Å²) in [5.41, 5.74) is 4.73. The molecule has 3 aliphatic heterocycles. The van der Waals surface area contributed by atoms with Crippen LogP contribution in [0.1, 0.15) is 23.7 Å². The number of halogens is 1. The minimum Gasteiger partial charge on any atom is -0.379 e. The van der Waals surface area contributed by atoms with E-state index in [9.17, 15) is 12.8 Å². The van der Waals surface area contributed by atoms with Crippen LogP contribution in [0.15, 0.2) is 53.6 Å². The van der Waals surface area contributed by atoms with Crippen LogP contribution in [-0.4, -0.2) is 65.1 Å². The highest BCUT2D eigenvalue weighted by atomic mass is 32.2. The Kier molecular flexibility index (Phi) is 5.92. The number of sulfone groups is 1. The summed E-state index contributed by atoms with van der Waals surface area (Å²) in [6.45, 7) is 7.08. The molecule has 39 heavy (non-hydrogen) atoms. The highest BCUT2D eigenvalue weighted by Crippen LogP contribution is 2.44. The highest BCUT2D eigenvalue weighted by Gasteiger charge is 2.38. The number of ether oxygens (including phenoxy) is 2. The Hall–Kier alpha value is -3.38. The molecule has 1 fully saturated rings. The van der Waals surface area contributed by atoms with E-state index in [0.29, 0.717) is 41.5 Å². The number of benzene rings is 2. The number of hydrogen-bond donors (Lipinski definition) is 0. The molecule has 2 aromatic heterocycles. The number of nitrogens with zero attached hydrogens (tertiary/aromatic N) is 5. The van der Waals surface area contributed by atoms with Gasteiger partial charge in [-0.3, -0.25) is 4.90 Å². The van der Waals surface area contributed by atoms with Crippen LogP contribution in [0.4, 0.5) is 4.39 Å². The summed E-state index contributed by atoms with van der Waals surface area (Å²) in [7, 11) is -3.93. The summed E-state index contributed by atoms with van der Waals surface area (Å²) < 4.78 is 56.7. The average molecular weight is 550 g/mol. The standard InChI is InChI=1S/C28H28FN5O4S/c1-18-14-33-21(16-38-18)13-30-28(33)25-23-17-39(35,36)27-22(3-2-4-24(27)29)26(23)34(31-25)20-7-5-19(6-8-20)15-32-9-11-37-12-10-32/h2-8,13,18H,9-12,14-17H2,1H3/t18-/m0/s1. The van der Waals surface area contributed by atoms with E-state index in [-0.39, 0.29) is 16.8 Å². The second-order valence-corrected chi connectivity index (χ2v) is 12.2. The van der Waals surface area contributed by atoms with E-state index in [2.05, 4.69) is 22.0 Å². The van der Waals surface area contributed by atoms with Crippen molar-refractivity contribution in [3.8, 4) is 28.5 Å². The van der Waals surface area contributed by atoms with Crippen molar-refractivity contribution in [2.45, 2.75) is 43.4 Å². The lowest BCUT2D eigenvalue weighted by atomic mass is 10.0. The van der Waals surface area contributed by atoms with E-state index >= 15 is 0 Å². The quantitative estimate of drug-likeness (QED) is 0.384. The SMILES string of the molecule is C[C@H]1Cn2c(cnc2-c2nn(-c3ccc(CN4CCOCC4)cc3)c3c2CS(=O)(=O)c2c(F)cccc2-3)CO1. The average Bonchev–Trinajstić information content (AvgIpc) is 3.50. The fourth-order valence-electron chi connectivity index (χ4n) is 5.72. The number of fused-ring (bicyclic) bond motifs is 4. The predicted molar refractivity (Wildman–Crippen MR) is 141 cm³/mol. The number of imidazole rings is 1. The maximum atomic E-state index is 15.0. The third kappa shape index (κ3) is 4.20. The zero-order valence-corrected chi connectivity index (χ0v) is 22.3. The Morgan fingerprint density at radius 1 is 1.10 bits per heavy atom. The second-order valence-electron chi connectivity index (χ2n) is 10.3. The van der Waals surface area contributed by atoms with Crippen molar-refractivity contribution in [2.75, 3.05) is 26.3 Å². The molecule has 11 heteroatoms. The summed E-state index contributed by atoms with van der Waals surface area (Å²) in [5.74, 6) is -0.513. The van der Waals surface area contributed by atoms with Crippen molar-refractivity contribution in [1.82, 2.24) is 24.2 Å². The maximum absolute atomic E-state index is 15.0. The van der Waals surface area contributed by atoms with Crippen LogP contribution in [0.2, 0.25) is 0 Å². The molecule has 3 aliphatic rings. The van der Waals surface area contributed by atoms with Gasteiger partial charge in [0.1, 0.15) is 16.4 Å². The van der Waals surface area contributed by atoms with Gasteiger partial charge >= 0.3 is 0 Å². The minimum absolute atomic E-state index is 0.0130. The first-order valence-corrected chi connectivity index (χ1v) is 14.7. The first-order valence-electron chi connectivity index (χ1n) is 13.1. The van der Waals surface area contributed by atoms with Crippen LogP contribution in [0.5, 0.6) is 0 Å². The molecule has 0 spiro atoms. The lowest BCUT2D eigenvalue weighted by molar-refractivity contribution is 0.0172. The van der Waals surface area contributed by atoms with Crippen LogP contribution >= 0.6 is 0 Å². The molecular formula is C28H28FN5O4S. The van der Waals surface area contributed by atoms with Crippen LogP contribution in [0.3, 0.4) is 0 Å². The molecule has 202 valence electrons. The van der Waals surface area contributed by atoms with Gasteiger partial charge in [0.05, 0.1) is 61.5 Å². The number of morpholine rings is 1. The molecule has 0 bridgehead atoms. The summed E-state index contributed by atoms with van der Waals surface area (Å²) in [6, 6.07) is 12.5. The molecule has 1 atom stereocenters. The van der Waals surface area contributed by atoms with Crippen LogP contribution in [0, 0.1) is 5.82 Å². The molecule has 1 saturated heterocycles. The molecule has 4 aromatic rings. The van der Waals surface area contributed by atoms with Gasteiger partial charge in [-0.25, -0.2) is 22.5 Å². The lowest BCUT2D eigenvalue weighted by Gasteiger charge is -2.26. The maximum Gasteiger partial charge on any atom is 0.186 e. The molecule has 0 aliphatic carbocycles. The molecule has 2 aromatic carbocycles. The number of aromatic nitrogens is 4. The summed E-state index contributed by atoms with van der Waals surface area (Å²) in [6.07, 6.45) is 1.73. The van der Waals surface area contributed by atoms with Gasteiger partial charge < -0.3 is 14.0 Å². The molecule has 0 N–H and O–H groups in total. The van der Waals surface area contributed by atoms with Crippen molar-refractivity contribution in [2.24, 2.45) is 0 Å². The Balaban J connectivity index is 1.38. The normalized spacial score (nSPS) is 20.3. The van der Waals surface area contributed by atoms with E-state index in [0.717, 1.165) is 49.8 Å². The van der Waals surface area contributed by atoms with Gasteiger partial charge in [0.15, 0.2) is 15.7 Å². The first kappa shape index (κ1) is 24.6. The smallest absolute Gasteiger partial charge is 0.186 e. The van der Waals surface area contributed by atoms with Crippen LogP contribution in [-0.2, 0) is 44.8 Å². The number of rotatable bonds is 4. The highest BCUT2D eigenvalue weighted by molar-refractivity contribution is 7.91. The van der Waals surface area contributed by atoms with Crippen LogP contribution < -0.4 is 0 Å². The third-order valence-electron chi connectivity index (χ3n) is 7.65. The lowest BCUT2D eigenvalue weighted by Crippen LogP contribution is -2.35. The topological polar surface area (TPSA) is 91.5 Å². The molecule has 5 heterocycles.